The molecule has 0 atom stereocenters. The fourth-order valence-corrected chi connectivity index (χ4v) is 4.33. The van der Waals surface area contributed by atoms with E-state index in [2.05, 4.69) is 56.2 Å². The van der Waals surface area contributed by atoms with E-state index in [-0.39, 0.29) is 12.5 Å². The van der Waals surface area contributed by atoms with Crippen molar-refractivity contribution in [2.24, 2.45) is 0 Å². The van der Waals surface area contributed by atoms with Crippen LogP contribution in [0.5, 0.6) is 11.6 Å². The molecular formula is C28H30FN7O2. The van der Waals surface area contributed by atoms with Crippen LogP contribution >= 0.6 is 0 Å². The van der Waals surface area contributed by atoms with Crippen molar-refractivity contribution >= 4 is 40.0 Å². The summed E-state index contributed by atoms with van der Waals surface area (Å²) in [7, 11) is 2.14. The monoisotopic (exact) mass is 515 g/mol. The first-order valence-corrected chi connectivity index (χ1v) is 12.5. The van der Waals surface area contributed by atoms with E-state index in [0.717, 1.165) is 31.9 Å². The number of nitrogens with one attached hydrogen (secondary N) is 2. The molecule has 0 spiro atoms. The number of carbonyl (C=O) groups is 1. The summed E-state index contributed by atoms with van der Waals surface area (Å²) in [5.41, 5.74) is 3.11. The summed E-state index contributed by atoms with van der Waals surface area (Å²) in [5, 5.41) is 6.62. The van der Waals surface area contributed by atoms with E-state index in [4.69, 9.17) is 4.74 Å². The van der Waals surface area contributed by atoms with Crippen molar-refractivity contribution in [3.63, 3.8) is 0 Å². The number of hydrogen-bond acceptors (Lipinski definition) is 7. The fourth-order valence-electron chi connectivity index (χ4n) is 4.33. The largest absolute Gasteiger partial charge is 0.438 e. The summed E-state index contributed by atoms with van der Waals surface area (Å²) in [6.45, 7) is 7.19. The number of ether oxygens (including phenoxy) is 1. The number of rotatable bonds is 9. The zero-order valence-electron chi connectivity index (χ0n) is 21.2. The SMILES string of the molecule is C=CC(=O)Nc1cccc(Oc2nc(Nc3ccc(N4CCN(C)CC4)cc3)nc3c2ccn3CCF)c1. The third-order valence-electron chi connectivity index (χ3n) is 6.40. The van der Waals surface area contributed by atoms with Gasteiger partial charge in [0.05, 0.1) is 11.9 Å². The Labute approximate surface area is 220 Å². The van der Waals surface area contributed by atoms with Crippen molar-refractivity contribution < 1.29 is 13.9 Å². The van der Waals surface area contributed by atoms with E-state index in [1.54, 1.807) is 41.1 Å². The van der Waals surface area contributed by atoms with Gasteiger partial charge in [0.2, 0.25) is 17.7 Å². The molecule has 9 nitrogen and oxygen atoms in total. The second-order valence-electron chi connectivity index (χ2n) is 9.07. The van der Waals surface area contributed by atoms with Crippen LogP contribution in [0.3, 0.4) is 0 Å². The zero-order chi connectivity index (χ0) is 26.5. The van der Waals surface area contributed by atoms with Crippen molar-refractivity contribution in [2.45, 2.75) is 6.54 Å². The Kier molecular flexibility index (Phi) is 7.50. The molecular weight excluding hydrogens is 485 g/mol. The number of benzene rings is 2. The predicted octanol–water partition coefficient (Wildman–Crippen LogP) is 4.81. The molecule has 0 radical (unpaired) electrons. The molecule has 38 heavy (non-hydrogen) atoms. The van der Waals surface area contributed by atoms with Crippen LogP contribution in [0.25, 0.3) is 11.0 Å². The fraction of sp³-hybridized carbons (Fsp3) is 0.250. The number of carbonyl (C=O) groups excluding carboxylic acids is 1. The molecule has 2 aromatic carbocycles. The molecule has 0 bridgehead atoms. The number of fused-ring (bicyclic) bond motifs is 1. The van der Waals surface area contributed by atoms with Gasteiger partial charge in [-0.2, -0.15) is 9.97 Å². The lowest BCUT2D eigenvalue weighted by molar-refractivity contribution is -0.111. The maximum atomic E-state index is 13.2. The number of halogens is 1. The van der Waals surface area contributed by atoms with Gasteiger partial charge in [-0.3, -0.25) is 4.79 Å². The van der Waals surface area contributed by atoms with E-state index in [1.807, 2.05) is 12.1 Å². The van der Waals surface area contributed by atoms with Gasteiger partial charge in [0.15, 0.2) is 0 Å². The van der Waals surface area contributed by atoms with Crippen LogP contribution in [0.15, 0.2) is 73.4 Å². The minimum atomic E-state index is -0.522. The summed E-state index contributed by atoms with van der Waals surface area (Å²) in [5.74, 6) is 0.804. The van der Waals surface area contributed by atoms with Crippen molar-refractivity contribution in [1.82, 2.24) is 19.4 Å². The molecule has 4 aromatic rings. The number of amides is 1. The molecule has 1 aliphatic rings. The molecule has 3 heterocycles. The Hall–Kier alpha value is -4.44. The van der Waals surface area contributed by atoms with Gasteiger partial charge < -0.3 is 29.7 Å². The molecule has 1 aliphatic heterocycles. The van der Waals surface area contributed by atoms with E-state index in [9.17, 15) is 9.18 Å². The van der Waals surface area contributed by atoms with Gasteiger partial charge in [-0.1, -0.05) is 12.6 Å². The van der Waals surface area contributed by atoms with E-state index in [0.29, 0.717) is 34.3 Å². The van der Waals surface area contributed by atoms with Gasteiger partial charge in [0, 0.05) is 55.5 Å². The highest BCUT2D eigenvalue weighted by atomic mass is 19.1. The first kappa shape index (κ1) is 25.2. The number of piperazine rings is 1. The number of alkyl halides is 1. The molecule has 1 saturated heterocycles. The number of aryl methyl sites for hydroxylation is 1. The highest BCUT2D eigenvalue weighted by molar-refractivity contribution is 5.99. The van der Waals surface area contributed by atoms with Crippen molar-refractivity contribution in [1.29, 1.82) is 0 Å². The normalized spacial score (nSPS) is 13.9. The van der Waals surface area contributed by atoms with Crippen LogP contribution in [0.2, 0.25) is 0 Å². The van der Waals surface area contributed by atoms with E-state index >= 15 is 0 Å². The Morgan fingerprint density at radius 1 is 1.08 bits per heavy atom. The number of nitrogens with zero attached hydrogens (tertiary/aromatic N) is 5. The van der Waals surface area contributed by atoms with Crippen LogP contribution in [-0.2, 0) is 11.3 Å². The van der Waals surface area contributed by atoms with Crippen LogP contribution in [0, 0.1) is 0 Å². The van der Waals surface area contributed by atoms with Crippen molar-refractivity contribution in [3.05, 3.63) is 73.4 Å². The highest BCUT2D eigenvalue weighted by Crippen LogP contribution is 2.31. The number of hydrogen-bond donors (Lipinski definition) is 2. The Balaban J connectivity index is 1.41. The molecule has 0 aliphatic carbocycles. The molecule has 2 aromatic heterocycles. The Bertz CT molecular complexity index is 1430. The summed E-state index contributed by atoms with van der Waals surface area (Å²) < 4.78 is 21.1. The highest BCUT2D eigenvalue weighted by Gasteiger charge is 2.16. The maximum absolute atomic E-state index is 13.2. The average molecular weight is 516 g/mol. The molecule has 1 fully saturated rings. The van der Waals surface area contributed by atoms with E-state index < -0.39 is 6.67 Å². The molecule has 1 amide bonds. The van der Waals surface area contributed by atoms with Gasteiger partial charge in [-0.15, -0.1) is 0 Å². The topological polar surface area (TPSA) is 87.5 Å². The molecule has 5 rings (SSSR count). The minimum absolute atomic E-state index is 0.169. The first-order chi connectivity index (χ1) is 18.5. The van der Waals surface area contributed by atoms with Gasteiger partial charge >= 0.3 is 0 Å². The smallest absolute Gasteiger partial charge is 0.247 e. The van der Waals surface area contributed by atoms with Crippen LogP contribution in [-0.4, -0.2) is 65.2 Å². The second-order valence-corrected chi connectivity index (χ2v) is 9.07. The van der Waals surface area contributed by atoms with Crippen molar-refractivity contribution in [2.75, 3.05) is 55.4 Å². The first-order valence-electron chi connectivity index (χ1n) is 12.5. The summed E-state index contributed by atoms with van der Waals surface area (Å²) in [6, 6.07) is 16.9. The molecule has 196 valence electrons. The quantitative estimate of drug-likeness (QED) is 0.309. The third-order valence-corrected chi connectivity index (χ3v) is 6.40. The Morgan fingerprint density at radius 2 is 1.87 bits per heavy atom. The van der Waals surface area contributed by atoms with Gasteiger partial charge in [0.1, 0.15) is 18.1 Å². The second kappa shape index (κ2) is 11.3. The molecule has 2 N–H and O–H groups in total. The maximum Gasteiger partial charge on any atom is 0.247 e. The predicted molar refractivity (Wildman–Crippen MR) is 148 cm³/mol. The lowest BCUT2D eigenvalue weighted by atomic mass is 10.2. The lowest BCUT2D eigenvalue weighted by Crippen LogP contribution is -2.44. The number of anilines is 4. The van der Waals surface area contributed by atoms with Gasteiger partial charge in [0.25, 0.3) is 0 Å². The van der Waals surface area contributed by atoms with Crippen LogP contribution in [0.1, 0.15) is 0 Å². The van der Waals surface area contributed by atoms with Crippen molar-refractivity contribution in [3.8, 4) is 11.6 Å². The Morgan fingerprint density at radius 3 is 2.61 bits per heavy atom. The summed E-state index contributed by atoms with van der Waals surface area (Å²) in [4.78, 5) is 25.7. The molecule has 0 saturated carbocycles. The van der Waals surface area contributed by atoms with Crippen LogP contribution in [0.4, 0.5) is 27.4 Å². The van der Waals surface area contributed by atoms with E-state index in [1.165, 1.54) is 11.8 Å². The summed E-state index contributed by atoms with van der Waals surface area (Å²) >= 11 is 0. The summed E-state index contributed by atoms with van der Waals surface area (Å²) in [6.07, 6.45) is 2.96. The van der Waals surface area contributed by atoms with Crippen LogP contribution < -0.4 is 20.3 Å². The zero-order valence-corrected chi connectivity index (χ0v) is 21.2. The molecule has 10 heteroatoms. The standard InChI is InChI=1S/C28H30FN7O2/c1-3-25(37)30-21-5-4-6-23(19-21)38-27-24-11-13-36(14-12-29)26(24)32-28(33-27)31-20-7-9-22(10-8-20)35-17-15-34(2)16-18-35/h3-11,13,19H,1,12,14-18H2,2H3,(H,30,37)(H,31,32,33). The third kappa shape index (κ3) is 5.76. The number of aromatic nitrogens is 3. The number of likely N-dealkylation sites (N-methyl/N-ethyl adjacent to an activating group) is 1. The van der Waals surface area contributed by atoms with Gasteiger partial charge in [-0.05, 0) is 55.6 Å². The lowest BCUT2D eigenvalue weighted by Gasteiger charge is -2.34. The molecule has 0 unspecified atom stereocenters. The average Bonchev–Trinajstić information content (AvgIpc) is 3.33. The van der Waals surface area contributed by atoms with Gasteiger partial charge in [-0.25, -0.2) is 4.39 Å². The minimum Gasteiger partial charge on any atom is -0.438 e.